The monoisotopic (exact) mass is 339 g/mol. The second-order valence-electron chi connectivity index (χ2n) is 6.88. The first-order valence-electron chi connectivity index (χ1n) is 8.78. The minimum Gasteiger partial charge on any atom is -0.392 e. The van der Waals surface area contributed by atoms with Crippen molar-refractivity contribution in [1.82, 2.24) is 4.90 Å². The zero-order chi connectivity index (χ0) is 17.8. The fourth-order valence-electron chi connectivity index (χ4n) is 3.11. The maximum absolute atomic E-state index is 13.0. The van der Waals surface area contributed by atoms with Gasteiger partial charge in [-0.2, -0.15) is 0 Å². The highest BCUT2D eigenvalue weighted by atomic mass is 16.5. The summed E-state index contributed by atoms with van der Waals surface area (Å²) in [5.41, 5.74) is 2.55. The van der Waals surface area contributed by atoms with Crippen LogP contribution in [0.3, 0.4) is 0 Å². The molecule has 0 unspecified atom stereocenters. The van der Waals surface area contributed by atoms with Crippen LogP contribution in [0.5, 0.6) is 0 Å². The van der Waals surface area contributed by atoms with Crippen LogP contribution in [0.1, 0.15) is 41.4 Å². The molecular weight excluding hydrogens is 314 g/mol. The third-order valence-electron chi connectivity index (χ3n) is 4.71. The lowest BCUT2D eigenvalue weighted by Gasteiger charge is -2.40. The molecule has 2 aromatic carbocycles. The Bertz CT molecular complexity index is 697. The molecule has 1 amide bonds. The number of amides is 1. The van der Waals surface area contributed by atoms with Crippen molar-refractivity contribution >= 4 is 5.91 Å². The summed E-state index contributed by atoms with van der Waals surface area (Å²) in [4.78, 5) is 14.8. The van der Waals surface area contributed by atoms with Crippen molar-refractivity contribution in [3.05, 3.63) is 71.3 Å². The van der Waals surface area contributed by atoms with Crippen molar-refractivity contribution in [2.45, 2.75) is 32.7 Å². The molecular formula is C21H25NO3. The largest absolute Gasteiger partial charge is 0.392 e. The van der Waals surface area contributed by atoms with Crippen molar-refractivity contribution in [2.75, 3.05) is 13.1 Å². The van der Waals surface area contributed by atoms with Gasteiger partial charge in [0, 0.05) is 12.1 Å². The number of nitrogens with zero attached hydrogens (tertiary/aromatic N) is 1. The summed E-state index contributed by atoms with van der Waals surface area (Å²) in [6, 6.07) is 17.2. The van der Waals surface area contributed by atoms with Crippen molar-refractivity contribution in [2.24, 2.45) is 5.92 Å². The van der Waals surface area contributed by atoms with E-state index in [4.69, 9.17) is 9.84 Å². The molecule has 1 heterocycles. The van der Waals surface area contributed by atoms with E-state index < -0.39 is 0 Å². The molecule has 3 rings (SSSR count). The van der Waals surface area contributed by atoms with Crippen molar-refractivity contribution in [1.29, 1.82) is 0 Å². The van der Waals surface area contributed by atoms with Gasteiger partial charge in [0.15, 0.2) is 0 Å². The van der Waals surface area contributed by atoms with Crippen LogP contribution in [0.2, 0.25) is 0 Å². The maximum atomic E-state index is 13.0. The molecule has 0 bridgehead atoms. The van der Waals surface area contributed by atoms with Crippen molar-refractivity contribution in [3.8, 4) is 0 Å². The van der Waals surface area contributed by atoms with Crippen LogP contribution in [0.15, 0.2) is 54.6 Å². The lowest BCUT2D eigenvalue weighted by molar-refractivity contribution is -0.0954. The SMILES string of the molecule is CC(C)[C@H]1CN(C(=O)c2ccc(CO)cc2)C[C@@H](c2ccccc2)O1. The van der Waals surface area contributed by atoms with E-state index in [2.05, 4.69) is 13.8 Å². The molecule has 2 aromatic rings. The van der Waals surface area contributed by atoms with Gasteiger partial charge in [-0.3, -0.25) is 4.79 Å². The first kappa shape index (κ1) is 17.6. The zero-order valence-electron chi connectivity index (χ0n) is 14.8. The Hall–Kier alpha value is -2.17. The Morgan fingerprint density at radius 3 is 2.40 bits per heavy atom. The number of aliphatic hydroxyl groups excluding tert-OH is 1. The summed E-state index contributed by atoms with van der Waals surface area (Å²) in [5.74, 6) is 0.345. The van der Waals surface area contributed by atoms with Crippen LogP contribution in [-0.2, 0) is 11.3 Å². The molecule has 1 aliphatic heterocycles. The molecule has 1 saturated heterocycles. The zero-order valence-corrected chi connectivity index (χ0v) is 14.8. The second kappa shape index (κ2) is 7.81. The molecule has 0 aromatic heterocycles. The van der Waals surface area contributed by atoms with E-state index in [0.29, 0.717) is 24.6 Å². The van der Waals surface area contributed by atoms with Crippen LogP contribution in [0.4, 0.5) is 0 Å². The molecule has 25 heavy (non-hydrogen) atoms. The maximum Gasteiger partial charge on any atom is 0.254 e. The molecule has 0 saturated carbocycles. The number of benzene rings is 2. The molecule has 4 heteroatoms. The van der Waals surface area contributed by atoms with Gasteiger partial charge in [0.1, 0.15) is 6.10 Å². The number of hydrogen-bond acceptors (Lipinski definition) is 3. The van der Waals surface area contributed by atoms with E-state index in [0.717, 1.165) is 11.1 Å². The third kappa shape index (κ3) is 4.09. The first-order chi connectivity index (χ1) is 12.1. The molecule has 1 N–H and O–H groups in total. The van der Waals surface area contributed by atoms with Crippen LogP contribution in [0, 0.1) is 5.92 Å². The predicted molar refractivity (Wildman–Crippen MR) is 97.2 cm³/mol. The number of ether oxygens (including phenoxy) is 1. The number of rotatable bonds is 4. The van der Waals surface area contributed by atoms with E-state index in [1.165, 1.54) is 0 Å². The molecule has 0 radical (unpaired) electrons. The standard InChI is InChI=1S/C21H25NO3/c1-15(2)19-12-22(13-20(25-19)17-6-4-3-5-7-17)21(24)18-10-8-16(14-23)9-11-18/h3-11,15,19-20,23H,12-14H2,1-2H3/t19-,20+/m1/s1. The number of carbonyl (C=O) groups is 1. The fraction of sp³-hybridized carbons (Fsp3) is 0.381. The third-order valence-corrected chi connectivity index (χ3v) is 4.71. The summed E-state index contributed by atoms with van der Waals surface area (Å²) in [6.45, 7) is 5.38. The summed E-state index contributed by atoms with van der Waals surface area (Å²) in [5, 5.41) is 9.16. The van der Waals surface area contributed by atoms with Crippen LogP contribution in [-0.4, -0.2) is 35.1 Å². The molecule has 2 atom stereocenters. The van der Waals surface area contributed by atoms with E-state index >= 15 is 0 Å². The Morgan fingerprint density at radius 2 is 1.80 bits per heavy atom. The highest BCUT2D eigenvalue weighted by Gasteiger charge is 2.33. The van der Waals surface area contributed by atoms with E-state index in [9.17, 15) is 4.79 Å². The second-order valence-corrected chi connectivity index (χ2v) is 6.88. The fourth-order valence-corrected chi connectivity index (χ4v) is 3.11. The van der Waals surface area contributed by atoms with Gasteiger partial charge in [-0.25, -0.2) is 0 Å². The van der Waals surface area contributed by atoms with Crippen molar-refractivity contribution < 1.29 is 14.6 Å². The molecule has 132 valence electrons. The van der Waals surface area contributed by atoms with Gasteiger partial charge in [0.05, 0.1) is 19.3 Å². The molecule has 1 fully saturated rings. The van der Waals surface area contributed by atoms with Gasteiger partial charge in [-0.05, 0) is 29.2 Å². The molecule has 0 spiro atoms. The number of hydrogen-bond donors (Lipinski definition) is 1. The topological polar surface area (TPSA) is 49.8 Å². The van der Waals surface area contributed by atoms with E-state index in [-0.39, 0.29) is 24.7 Å². The lowest BCUT2D eigenvalue weighted by Crippen LogP contribution is -2.48. The van der Waals surface area contributed by atoms with Crippen LogP contribution < -0.4 is 0 Å². The highest BCUT2D eigenvalue weighted by molar-refractivity contribution is 5.94. The quantitative estimate of drug-likeness (QED) is 0.928. The summed E-state index contributed by atoms with van der Waals surface area (Å²) in [7, 11) is 0. The molecule has 4 nitrogen and oxygen atoms in total. The van der Waals surface area contributed by atoms with Crippen LogP contribution in [0.25, 0.3) is 0 Å². The van der Waals surface area contributed by atoms with Crippen LogP contribution >= 0.6 is 0 Å². The predicted octanol–water partition coefficient (Wildman–Crippen LogP) is 3.42. The van der Waals surface area contributed by atoms with E-state index in [1.54, 1.807) is 24.3 Å². The highest BCUT2D eigenvalue weighted by Crippen LogP contribution is 2.29. The van der Waals surface area contributed by atoms with Gasteiger partial charge in [-0.1, -0.05) is 56.3 Å². The van der Waals surface area contributed by atoms with Gasteiger partial charge in [0.2, 0.25) is 0 Å². The van der Waals surface area contributed by atoms with Gasteiger partial charge < -0.3 is 14.7 Å². The average Bonchev–Trinajstić information content (AvgIpc) is 2.67. The normalized spacial score (nSPS) is 20.7. The number of carbonyl (C=O) groups excluding carboxylic acids is 1. The summed E-state index contributed by atoms with van der Waals surface area (Å²) in [6.07, 6.45) is -0.0948. The van der Waals surface area contributed by atoms with Gasteiger partial charge >= 0.3 is 0 Å². The van der Waals surface area contributed by atoms with Crippen molar-refractivity contribution in [3.63, 3.8) is 0 Å². The number of morpholine rings is 1. The Labute approximate surface area is 149 Å². The van der Waals surface area contributed by atoms with Gasteiger partial charge in [0.25, 0.3) is 5.91 Å². The Kier molecular flexibility index (Phi) is 5.51. The Balaban J connectivity index is 1.82. The minimum atomic E-state index is -0.108. The average molecular weight is 339 g/mol. The lowest BCUT2D eigenvalue weighted by atomic mass is 10.00. The molecule has 1 aliphatic rings. The first-order valence-corrected chi connectivity index (χ1v) is 8.78. The minimum absolute atomic E-state index is 0.0133. The summed E-state index contributed by atoms with van der Waals surface area (Å²) >= 11 is 0. The van der Waals surface area contributed by atoms with E-state index in [1.807, 2.05) is 35.2 Å². The summed E-state index contributed by atoms with van der Waals surface area (Å²) < 4.78 is 6.26. The molecule has 0 aliphatic carbocycles. The smallest absolute Gasteiger partial charge is 0.254 e. The number of aliphatic hydroxyl groups is 1. The Morgan fingerprint density at radius 1 is 1.12 bits per heavy atom. The van der Waals surface area contributed by atoms with Gasteiger partial charge in [-0.15, -0.1) is 0 Å².